The molecular weight excluding hydrogens is 339 g/mol. The van der Waals surface area contributed by atoms with Crippen molar-refractivity contribution in [2.45, 2.75) is 19.3 Å². The van der Waals surface area contributed by atoms with E-state index in [1.807, 2.05) is 4.90 Å². The summed E-state index contributed by atoms with van der Waals surface area (Å²) >= 11 is 0. The number of para-hydroxylation sites is 1. The first-order chi connectivity index (χ1) is 12.6. The van der Waals surface area contributed by atoms with Crippen LogP contribution in [0, 0.1) is 11.7 Å². The molecule has 2 amide bonds. The fraction of sp³-hybridized carbons (Fsp3) is 0.579. The van der Waals surface area contributed by atoms with Gasteiger partial charge in [0.25, 0.3) is 0 Å². The van der Waals surface area contributed by atoms with Crippen molar-refractivity contribution < 1.29 is 23.5 Å². The highest BCUT2D eigenvalue weighted by Gasteiger charge is 2.31. The normalized spacial score (nSPS) is 20.7. The predicted octanol–water partition coefficient (Wildman–Crippen LogP) is 1.69. The fourth-order valence-electron chi connectivity index (χ4n) is 3.42. The molecule has 3 rings (SSSR count). The standard InChI is InChI=1S/C19H25FN2O4/c20-16-5-1-2-6-17(16)26-11-7-18(23)22-8-3-4-15(14-22)19(24)21-9-12-25-13-10-21/h1-2,5-6,15H,3-4,7-14H2. The number of amides is 2. The number of piperidine rings is 1. The van der Waals surface area contributed by atoms with Gasteiger partial charge in [-0.1, -0.05) is 12.1 Å². The lowest BCUT2D eigenvalue weighted by molar-refractivity contribution is -0.144. The maximum absolute atomic E-state index is 13.5. The number of carbonyl (C=O) groups excluding carboxylic acids is 2. The molecule has 0 N–H and O–H groups in total. The quantitative estimate of drug-likeness (QED) is 0.798. The molecule has 0 spiro atoms. The van der Waals surface area contributed by atoms with E-state index in [1.54, 1.807) is 17.0 Å². The zero-order valence-electron chi connectivity index (χ0n) is 14.9. The number of ether oxygens (including phenoxy) is 2. The van der Waals surface area contributed by atoms with Gasteiger partial charge in [0.2, 0.25) is 11.8 Å². The molecule has 26 heavy (non-hydrogen) atoms. The predicted molar refractivity (Wildman–Crippen MR) is 93.2 cm³/mol. The minimum absolute atomic E-state index is 0.0548. The lowest BCUT2D eigenvalue weighted by atomic mass is 9.96. The molecular formula is C19H25FN2O4. The summed E-state index contributed by atoms with van der Waals surface area (Å²) in [4.78, 5) is 28.6. The minimum atomic E-state index is -0.436. The molecule has 0 bridgehead atoms. The first-order valence-corrected chi connectivity index (χ1v) is 9.17. The van der Waals surface area contributed by atoms with E-state index in [0.29, 0.717) is 39.4 Å². The molecule has 142 valence electrons. The van der Waals surface area contributed by atoms with Gasteiger partial charge >= 0.3 is 0 Å². The molecule has 0 saturated carbocycles. The van der Waals surface area contributed by atoms with Crippen molar-refractivity contribution in [3.8, 4) is 5.75 Å². The van der Waals surface area contributed by atoms with E-state index >= 15 is 0 Å². The number of hydrogen-bond donors (Lipinski definition) is 0. The van der Waals surface area contributed by atoms with Gasteiger partial charge in [-0.15, -0.1) is 0 Å². The van der Waals surface area contributed by atoms with E-state index in [9.17, 15) is 14.0 Å². The maximum atomic E-state index is 13.5. The maximum Gasteiger partial charge on any atom is 0.227 e. The van der Waals surface area contributed by atoms with Gasteiger partial charge in [-0.05, 0) is 25.0 Å². The van der Waals surface area contributed by atoms with Gasteiger partial charge in [0.05, 0.1) is 32.2 Å². The number of hydrogen-bond acceptors (Lipinski definition) is 4. The molecule has 0 radical (unpaired) electrons. The van der Waals surface area contributed by atoms with Crippen LogP contribution >= 0.6 is 0 Å². The SMILES string of the molecule is O=C(CCOc1ccccc1F)N1CCCC(C(=O)N2CCOCC2)C1. The lowest BCUT2D eigenvalue weighted by Crippen LogP contribution is -2.49. The van der Waals surface area contributed by atoms with Crippen molar-refractivity contribution in [3.05, 3.63) is 30.1 Å². The molecule has 0 aromatic heterocycles. The number of likely N-dealkylation sites (tertiary alicyclic amines) is 1. The first-order valence-electron chi connectivity index (χ1n) is 9.17. The number of rotatable bonds is 5. The van der Waals surface area contributed by atoms with Gasteiger partial charge in [-0.3, -0.25) is 9.59 Å². The molecule has 1 aromatic rings. The zero-order chi connectivity index (χ0) is 18.4. The summed E-state index contributed by atoms with van der Waals surface area (Å²) in [5, 5.41) is 0. The van der Waals surface area contributed by atoms with Crippen molar-refractivity contribution in [2.24, 2.45) is 5.92 Å². The Hall–Kier alpha value is -2.15. The number of halogens is 1. The summed E-state index contributed by atoms with van der Waals surface area (Å²) < 4.78 is 24.2. The van der Waals surface area contributed by atoms with E-state index in [-0.39, 0.29) is 36.5 Å². The largest absolute Gasteiger partial charge is 0.490 e. The van der Waals surface area contributed by atoms with Crippen molar-refractivity contribution >= 4 is 11.8 Å². The number of benzene rings is 1. The lowest BCUT2D eigenvalue weighted by Gasteiger charge is -2.36. The Kier molecular flexibility index (Phi) is 6.44. The number of nitrogens with zero attached hydrogens (tertiary/aromatic N) is 2. The van der Waals surface area contributed by atoms with Crippen LogP contribution in [-0.4, -0.2) is 67.6 Å². The molecule has 2 aliphatic rings. The van der Waals surface area contributed by atoms with Crippen LogP contribution in [0.25, 0.3) is 0 Å². The summed E-state index contributed by atoms with van der Waals surface area (Å²) in [5.41, 5.74) is 0. The van der Waals surface area contributed by atoms with Crippen LogP contribution in [0.2, 0.25) is 0 Å². The molecule has 2 saturated heterocycles. The highest BCUT2D eigenvalue weighted by Crippen LogP contribution is 2.21. The topological polar surface area (TPSA) is 59.1 Å². The summed E-state index contributed by atoms with van der Waals surface area (Å²) in [6.45, 7) is 3.64. The van der Waals surface area contributed by atoms with Gasteiger partial charge in [-0.2, -0.15) is 0 Å². The molecule has 2 aliphatic heterocycles. The van der Waals surface area contributed by atoms with E-state index < -0.39 is 5.82 Å². The minimum Gasteiger partial charge on any atom is -0.490 e. The number of carbonyl (C=O) groups is 2. The van der Waals surface area contributed by atoms with E-state index in [0.717, 1.165) is 12.8 Å². The van der Waals surface area contributed by atoms with Crippen LogP contribution in [0.5, 0.6) is 5.75 Å². The Balaban J connectivity index is 1.46. The Labute approximate surface area is 152 Å². The molecule has 0 aliphatic carbocycles. The molecule has 2 fully saturated rings. The van der Waals surface area contributed by atoms with Crippen molar-refractivity contribution in [1.82, 2.24) is 9.80 Å². The second-order valence-corrected chi connectivity index (χ2v) is 6.65. The Bertz CT molecular complexity index is 634. The molecule has 2 heterocycles. The summed E-state index contributed by atoms with van der Waals surface area (Å²) in [6.07, 6.45) is 1.80. The second-order valence-electron chi connectivity index (χ2n) is 6.65. The Morgan fingerprint density at radius 2 is 1.92 bits per heavy atom. The highest BCUT2D eigenvalue weighted by molar-refractivity contribution is 5.81. The summed E-state index contributed by atoms with van der Waals surface area (Å²) in [7, 11) is 0. The van der Waals surface area contributed by atoms with E-state index in [1.165, 1.54) is 12.1 Å². The Morgan fingerprint density at radius 3 is 2.69 bits per heavy atom. The van der Waals surface area contributed by atoms with E-state index in [2.05, 4.69) is 0 Å². The van der Waals surface area contributed by atoms with Crippen LogP contribution in [0.3, 0.4) is 0 Å². The third-order valence-corrected chi connectivity index (χ3v) is 4.86. The third kappa shape index (κ3) is 4.72. The van der Waals surface area contributed by atoms with Crippen LogP contribution < -0.4 is 4.74 Å². The summed E-state index contributed by atoms with van der Waals surface area (Å²) in [6, 6.07) is 6.14. The zero-order valence-corrected chi connectivity index (χ0v) is 14.9. The van der Waals surface area contributed by atoms with Crippen molar-refractivity contribution in [3.63, 3.8) is 0 Å². The fourth-order valence-corrected chi connectivity index (χ4v) is 3.42. The highest BCUT2D eigenvalue weighted by atomic mass is 19.1. The monoisotopic (exact) mass is 364 g/mol. The third-order valence-electron chi connectivity index (χ3n) is 4.86. The molecule has 7 heteroatoms. The van der Waals surface area contributed by atoms with Crippen molar-refractivity contribution in [2.75, 3.05) is 46.0 Å². The second kappa shape index (κ2) is 8.98. The van der Waals surface area contributed by atoms with Gasteiger partial charge in [-0.25, -0.2) is 4.39 Å². The van der Waals surface area contributed by atoms with Gasteiger partial charge < -0.3 is 19.3 Å². The van der Waals surface area contributed by atoms with E-state index in [4.69, 9.17) is 9.47 Å². The Morgan fingerprint density at radius 1 is 1.15 bits per heavy atom. The molecule has 1 aromatic carbocycles. The van der Waals surface area contributed by atoms with Gasteiger partial charge in [0.15, 0.2) is 11.6 Å². The van der Waals surface area contributed by atoms with Crippen LogP contribution in [0.15, 0.2) is 24.3 Å². The molecule has 1 atom stereocenters. The number of morpholine rings is 1. The van der Waals surface area contributed by atoms with Crippen LogP contribution in [-0.2, 0) is 14.3 Å². The average molecular weight is 364 g/mol. The van der Waals surface area contributed by atoms with Crippen LogP contribution in [0.1, 0.15) is 19.3 Å². The van der Waals surface area contributed by atoms with Crippen LogP contribution in [0.4, 0.5) is 4.39 Å². The summed E-state index contributed by atoms with van der Waals surface area (Å²) in [5.74, 6) is -0.360. The molecule has 1 unspecified atom stereocenters. The van der Waals surface area contributed by atoms with Gasteiger partial charge in [0.1, 0.15) is 0 Å². The average Bonchev–Trinajstić information content (AvgIpc) is 2.69. The first kappa shape index (κ1) is 18.6. The van der Waals surface area contributed by atoms with Crippen molar-refractivity contribution in [1.29, 1.82) is 0 Å². The molecule has 6 nitrogen and oxygen atoms in total. The smallest absolute Gasteiger partial charge is 0.227 e. The van der Waals surface area contributed by atoms with Gasteiger partial charge in [0, 0.05) is 26.2 Å².